The molecule has 4 heterocycles. The number of aromatic amines is 1. The lowest BCUT2D eigenvalue weighted by Crippen LogP contribution is -2.35. The number of aromatic nitrogens is 5. The summed E-state index contributed by atoms with van der Waals surface area (Å²) in [6.45, 7) is 9.04. The van der Waals surface area contributed by atoms with Crippen molar-refractivity contribution >= 4 is 22.2 Å². The van der Waals surface area contributed by atoms with E-state index in [1.54, 1.807) is 11.3 Å². The largest absolute Gasteiger partial charge is 0.376 e. The highest BCUT2D eigenvalue weighted by atomic mass is 32.1. The van der Waals surface area contributed by atoms with Crippen LogP contribution in [-0.2, 0) is 24.4 Å². The fourth-order valence-corrected chi connectivity index (χ4v) is 5.70. The summed E-state index contributed by atoms with van der Waals surface area (Å²) < 4.78 is 7.75. The number of thiophene rings is 1. The third kappa shape index (κ3) is 5.37. The van der Waals surface area contributed by atoms with Crippen molar-refractivity contribution in [2.75, 3.05) is 6.61 Å². The third-order valence-corrected chi connectivity index (χ3v) is 7.50. The Morgan fingerprint density at radius 3 is 2.89 bits per heavy atom. The highest BCUT2D eigenvalue weighted by Gasteiger charge is 2.31. The van der Waals surface area contributed by atoms with Gasteiger partial charge in [-0.1, -0.05) is 32.0 Å². The van der Waals surface area contributed by atoms with Crippen molar-refractivity contribution in [2.45, 2.75) is 65.4 Å². The van der Waals surface area contributed by atoms with Crippen LogP contribution in [0.25, 0.3) is 10.9 Å². The summed E-state index contributed by atoms with van der Waals surface area (Å²) in [5, 5.41) is 16.0. The molecule has 0 saturated carbocycles. The maximum absolute atomic E-state index is 13.1. The molecule has 5 rings (SSSR count). The molecule has 3 aromatic heterocycles. The number of nitrogens with one attached hydrogen (secondary N) is 1. The molecule has 1 N–H and O–H groups in total. The SMILES string of the molecule is Cc1ccc2cc(CN(Cc3cccs3)[C@H](c3nnnn3C[C@@H]3CCCO3)C(C)C)c(=O)[nH]c2c1. The Bertz CT molecular complexity index is 1320. The number of rotatable bonds is 9. The van der Waals surface area contributed by atoms with Crippen molar-refractivity contribution < 1.29 is 4.74 Å². The number of H-pyrrole nitrogens is 1. The van der Waals surface area contributed by atoms with Gasteiger partial charge in [0.15, 0.2) is 5.82 Å². The van der Waals surface area contributed by atoms with Gasteiger partial charge in [0.2, 0.25) is 0 Å². The molecule has 8 nitrogen and oxygen atoms in total. The molecule has 184 valence electrons. The van der Waals surface area contributed by atoms with Crippen LogP contribution in [0, 0.1) is 12.8 Å². The number of aryl methyl sites for hydroxylation is 1. The van der Waals surface area contributed by atoms with Crippen LogP contribution in [0.4, 0.5) is 0 Å². The van der Waals surface area contributed by atoms with Crippen LogP contribution in [0.2, 0.25) is 0 Å². The topological polar surface area (TPSA) is 88.9 Å². The van der Waals surface area contributed by atoms with Crippen molar-refractivity contribution in [1.29, 1.82) is 0 Å². The van der Waals surface area contributed by atoms with Crippen LogP contribution in [-0.4, -0.2) is 42.8 Å². The Kier molecular flexibility index (Phi) is 7.08. The van der Waals surface area contributed by atoms with E-state index in [4.69, 9.17) is 4.74 Å². The molecule has 0 unspecified atom stereocenters. The van der Waals surface area contributed by atoms with Crippen molar-refractivity contribution in [1.82, 2.24) is 30.1 Å². The number of nitrogens with zero attached hydrogens (tertiary/aromatic N) is 5. The summed E-state index contributed by atoms with van der Waals surface area (Å²) in [6, 6.07) is 12.3. The number of tetrazole rings is 1. The second-order valence-corrected chi connectivity index (χ2v) is 10.8. The molecule has 0 spiro atoms. The standard InChI is InChI=1S/C26H32N6O2S/c1-17(2)24(25-28-29-30-32(25)15-21-6-4-10-34-21)31(16-22-7-5-11-35-22)14-20-13-19-9-8-18(3)12-23(19)27-26(20)33/h5,7-9,11-13,17,21,24H,4,6,10,14-16H2,1-3H3,(H,27,33)/t21-,24-/m0/s1. The van der Waals surface area contributed by atoms with E-state index >= 15 is 0 Å². The minimum Gasteiger partial charge on any atom is -0.376 e. The zero-order valence-electron chi connectivity index (χ0n) is 20.5. The predicted molar refractivity (Wildman–Crippen MR) is 137 cm³/mol. The Balaban J connectivity index is 1.51. The molecule has 35 heavy (non-hydrogen) atoms. The number of pyridine rings is 1. The van der Waals surface area contributed by atoms with Crippen molar-refractivity contribution in [3.63, 3.8) is 0 Å². The molecule has 1 aromatic carbocycles. The van der Waals surface area contributed by atoms with Crippen LogP contribution in [0.3, 0.4) is 0 Å². The molecule has 2 atom stereocenters. The molecule has 4 aromatic rings. The van der Waals surface area contributed by atoms with Gasteiger partial charge in [0.05, 0.1) is 18.7 Å². The minimum absolute atomic E-state index is 0.0549. The van der Waals surface area contributed by atoms with Crippen LogP contribution in [0.5, 0.6) is 0 Å². The molecule has 1 aliphatic heterocycles. The number of hydrogen-bond acceptors (Lipinski definition) is 7. The van der Waals surface area contributed by atoms with E-state index in [0.717, 1.165) is 47.3 Å². The van der Waals surface area contributed by atoms with Gasteiger partial charge in [-0.3, -0.25) is 9.69 Å². The monoisotopic (exact) mass is 492 g/mol. The van der Waals surface area contributed by atoms with E-state index in [9.17, 15) is 4.79 Å². The van der Waals surface area contributed by atoms with Gasteiger partial charge >= 0.3 is 0 Å². The van der Waals surface area contributed by atoms with Gasteiger partial charge in [0.1, 0.15) is 0 Å². The first-order chi connectivity index (χ1) is 17.0. The molecule has 1 saturated heterocycles. The number of ether oxygens (including phenoxy) is 1. The summed E-state index contributed by atoms with van der Waals surface area (Å²) >= 11 is 1.72. The molecule has 1 fully saturated rings. The summed E-state index contributed by atoms with van der Waals surface area (Å²) in [4.78, 5) is 19.8. The quantitative estimate of drug-likeness (QED) is 0.371. The van der Waals surface area contributed by atoms with Gasteiger partial charge in [-0.25, -0.2) is 4.68 Å². The lowest BCUT2D eigenvalue weighted by Gasteiger charge is -2.33. The average Bonchev–Trinajstić information content (AvgIpc) is 3.59. The van der Waals surface area contributed by atoms with Crippen molar-refractivity contribution in [2.24, 2.45) is 5.92 Å². The summed E-state index contributed by atoms with van der Waals surface area (Å²) in [5.74, 6) is 1.05. The Labute approximate surface area is 208 Å². The van der Waals surface area contributed by atoms with E-state index in [0.29, 0.717) is 19.6 Å². The van der Waals surface area contributed by atoms with Crippen LogP contribution >= 0.6 is 11.3 Å². The maximum Gasteiger partial charge on any atom is 0.252 e. The lowest BCUT2D eigenvalue weighted by atomic mass is 10.00. The zero-order valence-corrected chi connectivity index (χ0v) is 21.3. The number of benzene rings is 1. The molecule has 0 aliphatic carbocycles. The first kappa shape index (κ1) is 23.8. The summed E-state index contributed by atoms with van der Waals surface area (Å²) in [6.07, 6.45) is 2.24. The van der Waals surface area contributed by atoms with Gasteiger partial charge in [0, 0.05) is 35.7 Å². The van der Waals surface area contributed by atoms with Crippen LogP contribution < -0.4 is 5.56 Å². The van der Waals surface area contributed by atoms with E-state index < -0.39 is 0 Å². The fourth-order valence-electron chi connectivity index (χ4n) is 4.97. The zero-order chi connectivity index (χ0) is 24.4. The molecular weight excluding hydrogens is 460 g/mol. The Morgan fingerprint density at radius 1 is 1.26 bits per heavy atom. The van der Waals surface area contributed by atoms with Crippen LogP contribution in [0.15, 0.2) is 46.6 Å². The number of fused-ring (bicyclic) bond motifs is 1. The Morgan fingerprint density at radius 2 is 2.14 bits per heavy atom. The molecule has 0 bridgehead atoms. The van der Waals surface area contributed by atoms with Gasteiger partial charge in [-0.05, 0) is 70.6 Å². The first-order valence-corrected chi connectivity index (χ1v) is 13.1. The fraction of sp³-hybridized carbons (Fsp3) is 0.462. The summed E-state index contributed by atoms with van der Waals surface area (Å²) in [7, 11) is 0. The van der Waals surface area contributed by atoms with E-state index in [1.165, 1.54) is 4.88 Å². The first-order valence-electron chi connectivity index (χ1n) is 12.2. The van der Waals surface area contributed by atoms with Crippen molar-refractivity contribution in [3.8, 4) is 0 Å². The normalized spacial score (nSPS) is 17.1. The lowest BCUT2D eigenvalue weighted by molar-refractivity contribution is 0.0853. The summed E-state index contributed by atoms with van der Waals surface area (Å²) in [5.41, 5.74) is 2.67. The second kappa shape index (κ2) is 10.4. The smallest absolute Gasteiger partial charge is 0.252 e. The van der Waals surface area contributed by atoms with E-state index in [2.05, 4.69) is 68.9 Å². The third-order valence-electron chi connectivity index (χ3n) is 6.64. The Hall–Kier alpha value is -2.88. The van der Waals surface area contributed by atoms with Gasteiger partial charge in [-0.15, -0.1) is 16.4 Å². The van der Waals surface area contributed by atoms with Gasteiger partial charge in [0.25, 0.3) is 5.56 Å². The molecule has 0 amide bonds. The molecule has 0 radical (unpaired) electrons. The van der Waals surface area contributed by atoms with Gasteiger partial charge in [-0.2, -0.15) is 0 Å². The van der Waals surface area contributed by atoms with Gasteiger partial charge < -0.3 is 9.72 Å². The van der Waals surface area contributed by atoms with Crippen LogP contribution in [0.1, 0.15) is 54.6 Å². The average molecular weight is 493 g/mol. The highest BCUT2D eigenvalue weighted by molar-refractivity contribution is 7.09. The van der Waals surface area contributed by atoms with Crippen molar-refractivity contribution in [3.05, 3.63) is 74.0 Å². The van der Waals surface area contributed by atoms with E-state index in [-0.39, 0.29) is 23.6 Å². The predicted octanol–water partition coefficient (Wildman–Crippen LogP) is 4.46. The van der Waals surface area contributed by atoms with E-state index in [1.807, 2.05) is 23.7 Å². The molecular formula is C26H32N6O2S. The molecule has 9 heteroatoms. The maximum atomic E-state index is 13.1. The molecule has 1 aliphatic rings. The highest BCUT2D eigenvalue weighted by Crippen LogP contribution is 2.31. The number of hydrogen-bond donors (Lipinski definition) is 1. The minimum atomic E-state index is -0.0679. The second-order valence-electron chi connectivity index (χ2n) is 9.74.